The minimum atomic E-state index is -0.339. The van der Waals surface area contributed by atoms with E-state index in [0.29, 0.717) is 5.69 Å². The molecule has 1 rings (SSSR count). The van der Waals surface area contributed by atoms with Crippen LogP contribution in [0.5, 0.6) is 0 Å². The van der Waals surface area contributed by atoms with Gasteiger partial charge in [0.1, 0.15) is 5.82 Å². The molecule has 0 saturated carbocycles. The Morgan fingerprint density at radius 1 is 1.57 bits per heavy atom. The van der Waals surface area contributed by atoms with Crippen molar-refractivity contribution in [2.75, 3.05) is 0 Å². The van der Waals surface area contributed by atoms with E-state index in [1.807, 2.05) is 0 Å². The number of rotatable bonds is 3. The number of halogens is 1. The fraction of sp³-hybridized carbons (Fsp3) is 0.364. The molecule has 1 atom stereocenters. The molecule has 0 spiro atoms. The minimum absolute atomic E-state index is 0.156. The van der Waals surface area contributed by atoms with Gasteiger partial charge in [0.05, 0.1) is 11.9 Å². The van der Waals surface area contributed by atoms with Gasteiger partial charge in [-0.1, -0.05) is 0 Å². The van der Waals surface area contributed by atoms with Crippen molar-refractivity contribution in [1.29, 1.82) is 0 Å². The third-order valence-corrected chi connectivity index (χ3v) is 1.89. The lowest BCUT2D eigenvalue weighted by atomic mass is 10.1. The maximum Gasteiger partial charge on any atom is 0.141 e. The first-order chi connectivity index (χ1) is 6.74. The first kappa shape index (κ1) is 10.7. The van der Waals surface area contributed by atoms with Crippen LogP contribution in [-0.4, -0.2) is 4.98 Å². The molecule has 0 amide bonds. The minimum Gasteiger partial charge on any atom is -0.323 e. The Hall–Kier alpha value is -1.40. The number of pyridine rings is 1. The smallest absolute Gasteiger partial charge is 0.141 e. The van der Waals surface area contributed by atoms with E-state index in [0.717, 1.165) is 12.8 Å². The molecule has 0 bridgehead atoms. The lowest BCUT2D eigenvalue weighted by molar-refractivity contribution is 0.605. The summed E-state index contributed by atoms with van der Waals surface area (Å²) in [4.78, 5) is 3.91. The normalized spacial score (nSPS) is 11.6. The number of nitrogens with two attached hydrogens (primary N) is 1. The molecule has 1 aromatic rings. The lowest BCUT2D eigenvalue weighted by Gasteiger charge is -2.08. The SMILES string of the molecule is CC#CCCC(N)c1ccc(F)cn1. The van der Waals surface area contributed by atoms with Crippen LogP contribution in [-0.2, 0) is 0 Å². The summed E-state index contributed by atoms with van der Waals surface area (Å²) >= 11 is 0. The zero-order chi connectivity index (χ0) is 10.4. The average Bonchev–Trinajstić information content (AvgIpc) is 2.19. The number of aromatic nitrogens is 1. The largest absolute Gasteiger partial charge is 0.323 e. The van der Waals surface area contributed by atoms with Gasteiger partial charge < -0.3 is 5.73 Å². The van der Waals surface area contributed by atoms with Crippen LogP contribution in [0.1, 0.15) is 31.5 Å². The first-order valence-electron chi connectivity index (χ1n) is 4.50. The van der Waals surface area contributed by atoms with Crippen LogP contribution in [0.3, 0.4) is 0 Å². The third-order valence-electron chi connectivity index (χ3n) is 1.89. The van der Waals surface area contributed by atoms with E-state index in [1.165, 1.54) is 12.3 Å². The van der Waals surface area contributed by atoms with Gasteiger partial charge >= 0.3 is 0 Å². The molecule has 74 valence electrons. The fourth-order valence-electron chi connectivity index (χ4n) is 1.11. The first-order valence-corrected chi connectivity index (χ1v) is 4.50. The average molecular weight is 192 g/mol. The van der Waals surface area contributed by atoms with Crippen LogP contribution in [0, 0.1) is 17.7 Å². The fourth-order valence-corrected chi connectivity index (χ4v) is 1.11. The molecule has 1 unspecified atom stereocenters. The van der Waals surface area contributed by atoms with Crippen molar-refractivity contribution < 1.29 is 4.39 Å². The number of hydrogen-bond acceptors (Lipinski definition) is 2. The van der Waals surface area contributed by atoms with Gasteiger partial charge in [0.15, 0.2) is 0 Å². The summed E-state index contributed by atoms with van der Waals surface area (Å²) in [6.45, 7) is 1.79. The van der Waals surface area contributed by atoms with Crippen LogP contribution in [0.15, 0.2) is 18.3 Å². The van der Waals surface area contributed by atoms with E-state index in [9.17, 15) is 4.39 Å². The van der Waals surface area contributed by atoms with Gasteiger partial charge in [-0.15, -0.1) is 11.8 Å². The second-order valence-electron chi connectivity index (χ2n) is 2.97. The van der Waals surface area contributed by atoms with Gasteiger partial charge in [-0.2, -0.15) is 0 Å². The number of hydrogen-bond donors (Lipinski definition) is 1. The van der Waals surface area contributed by atoms with E-state index in [-0.39, 0.29) is 11.9 Å². The summed E-state index contributed by atoms with van der Waals surface area (Å²) in [6, 6.07) is 2.82. The molecule has 1 aromatic heterocycles. The van der Waals surface area contributed by atoms with Gasteiger partial charge in [0.2, 0.25) is 0 Å². The van der Waals surface area contributed by atoms with Crippen molar-refractivity contribution in [1.82, 2.24) is 4.98 Å². The van der Waals surface area contributed by atoms with Gasteiger partial charge in [-0.05, 0) is 25.5 Å². The van der Waals surface area contributed by atoms with E-state index >= 15 is 0 Å². The van der Waals surface area contributed by atoms with Crippen molar-refractivity contribution in [2.24, 2.45) is 5.73 Å². The Balaban J connectivity index is 2.54. The Morgan fingerprint density at radius 3 is 2.93 bits per heavy atom. The zero-order valence-corrected chi connectivity index (χ0v) is 8.13. The molecule has 0 radical (unpaired) electrons. The molecule has 2 nitrogen and oxygen atoms in total. The maximum absolute atomic E-state index is 12.5. The maximum atomic E-state index is 12.5. The molecule has 0 aliphatic rings. The predicted molar refractivity (Wildman–Crippen MR) is 53.8 cm³/mol. The van der Waals surface area contributed by atoms with E-state index in [4.69, 9.17) is 5.73 Å². The van der Waals surface area contributed by atoms with Crippen LogP contribution in [0.4, 0.5) is 4.39 Å². The highest BCUT2D eigenvalue weighted by Crippen LogP contribution is 2.12. The molecule has 3 heteroatoms. The van der Waals surface area contributed by atoms with Crippen molar-refractivity contribution in [3.8, 4) is 11.8 Å². The molecule has 0 aliphatic carbocycles. The highest BCUT2D eigenvalue weighted by molar-refractivity contribution is 5.10. The molecule has 1 heterocycles. The van der Waals surface area contributed by atoms with Gasteiger partial charge in [0.25, 0.3) is 0 Å². The van der Waals surface area contributed by atoms with E-state index < -0.39 is 0 Å². The molecule has 0 saturated heterocycles. The summed E-state index contributed by atoms with van der Waals surface area (Å²) in [5.41, 5.74) is 6.55. The lowest BCUT2D eigenvalue weighted by Crippen LogP contribution is -2.11. The summed E-state index contributed by atoms with van der Waals surface area (Å²) in [5.74, 6) is 5.39. The topological polar surface area (TPSA) is 38.9 Å². The highest BCUT2D eigenvalue weighted by Gasteiger charge is 2.05. The molecular formula is C11H13FN2. The second-order valence-corrected chi connectivity index (χ2v) is 2.97. The summed E-state index contributed by atoms with van der Waals surface area (Å²) in [6.07, 6.45) is 2.68. The highest BCUT2D eigenvalue weighted by atomic mass is 19.1. The van der Waals surface area contributed by atoms with Crippen LogP contribution in [0.2, 0.25) is 0 Å². The van der Waals surface area contributed by atoms with Crippen LogP contribution < -0.4 is 5.73 Å². The van der Waals surface area contributed by atoms with Gasteiger partial charge in [0, 0.05) is 12.5 Å². The Labute approximate surface area is 83.3 Å². The summed E-state index contributed by atoms with van der Waals surface area (Å²) in [5, 5.41) is 0. The van der Waals surface area contributed by atoms with Crippen LogP contribution >= 0.6 is 0 Å². The van der Waals surface area contributed by atoms with Gasteiger partial charge in [-0.25, -0.2) is 4.39 Å². The summed E-state index contributed by atoms with van der Waals surface area (Å²) < 4.78 is 12.5. The Bertz CT molecular complexity index is 335. The van der Waals surface area contributed by atoms with Gasteiger partial charge in [-0.3, -0.25) is 4.98 Å². The number of nitrogens with zero attached hydrogens (tertiary/aromatic N) is 1. The molecule has 2 N–H and O–H groups in total. The van der Waals surface area contributed by atoms with E-state index in [1.54, 1.807) is 13.0 Å². The Morgan fingerprint density at radius 2 is 2.36 bits per heavy atom. The molecule has 14 heavy (non-hydrogen) atoms. The van der Waals surface area contributed by atoms with Crippen molar-refractivity contribution in [3.63, 3.8) is 0 Å². The monoisotopic (exact) mass is 192 g/mol. The molecule has 0 aliphatic heterocycles. The Kier molecular flexibility index (Phi) is 4.09. The molecule has 0 aromatic carbocycles. The quantitative estimate of drug-likeness (QED) is 0.744. The molecular weight excluding hydrogens is 179 g/mol. The van der Waals surface area contributed by atoms with Crippen LogP contribution in [0.25, 0.3) is 0 Å². The molecule has 0 fully saturated rings. The van der Waals surface area contributed by atoms with Crippen molar-refractivity contribution in [2.45, 2.75) is 25.8 Å². The predicted octanol–water partition coefficient (Wildman–Crippen LogP) is 2.02. The van der Waals surface area contributed by atoms with Crippen molar-refractivity contribution >= 4 is 0 Å². The zero-order valence-electron chi connectivity index (χ0n) is 8.13. The standard InChI is InChI=1S/C11H13FN2/c1-2-3-4-5-10(13)11-7-6-9(12)8-14-11/h6-8,10H,4-5,13H2,1H3. The van der Waals surface area contributed by atoms with Crippen molar-refractivity contribution in [3.05, 3.63) is 29.8 Å². The summed E-state index contributed by atoms with van der Waals surface area (Å²) in [7, 11) is 0. The van der Waals surface area contributed by atoms with E-state index in [2.05, 4.69) is 16.8 Å². The second kappa shape index (κ2) is 5.36. The third kappa shape index (κ3) is 3.15.